The lowest BCUT2D eigenvalue weighted by Gasteiger charge is -2.25. The van der Waals surface area contributed by atoms with Gasteiger partial charge in [-0.05, 0) is 48.8 Å². The number of allylic oxidation sites excluding steroid dienone is 4. The monoisotopic (exact) mass is 539 g/mol. The van der Waals surface area contributed by atoms with Crippen LogP contribution in [-0.4, -0.2) is 59.7 Å². The third-order valence-corrected chi connectivity index (χ3v) is 5.98. The number of dihydropyridines is 1. The average Bonchev–Trinajstić information content (AvgIpc) is 2.90. The molecular formula is C27H31F2N7O3. The Balaban J connectivity index is 2.04. The van der Waals surface area contributed by atoms with Gasteiger partial charge in [-0.1, -0.05) is 12.5 Å². The predicted molar refractivity (Wildman–Crippen MR) is 145 cm³/mol. The van der Waals surface area contributed by atoms with Gasteiger partial charge in [-0.15, -0.1) is 0 Å². The number of aryl methyl sites for hydroxylation is 1. The molecule has 1 aliphatic carbocycles. The first-order chi connectivity index (χ1) is 18.6. The van der Waals surface area contributed by atoms with E-state index in [1.807, 2.05) is 13.0 Å². The summed E-state index contributed by atoms with van der Waals surface area (Å²) in [7, 11) is 3.15. The van der Waals surface area contributed by atoms with Crippen molar-refractivity contribution in [2.75, 3.05) is 20.6 Å². The van der Waals surface area contributed by atoms with Crippen molar-refractivity contribution in [2.45, 2.75) is 26.8 Å². The van der Waals surface area contributed by atoms with E-state index >= 15 is 0 Å². The summed E-state index contributed by atoms with van der Waals surface area (Å²) in [5.74, 6) is -2.69. The maximum Gasteiger partial charge on any atom is 0.351 e. The standard InChI is InChI=1S/C27H31F2N7O3/c1-5-17-7-21(28)22(29)8-19(17)14-36(15-37)26(33-24-9-18(12-31-3)23(30)10-25(24)38)34-27(39)35(4)20-6-16(2)11-32-13-20/h6-10,12-13,15,30-32,38H,5,11,14H2,1-4H3,(H,33,34,39)/b18-12-,30-23?. The number of aliphatic hydroxyl groups excluding tert-OH is 1. The maximum atomic E-state index is 14.1. The Morgan fingerprint density at radius 3 is 2.54 bits per heavy atom. The number of nitrogens with zero attached hydrogens (tertiary/aromatic N) is 3. The second kappa shape index (κ2) is 12.7. The average molecular weight is 540 g/mol. The van der Waals surface area contributed by atoms with E-state index in [-0.39, 0.29) is 29.7 Å². The van der Waals surface area contributed by atoms with E-state index in [2.05, 4.69) is 20.9 Å². The van der Waals surface area contributed by atoms with Crippen LogP contribution >= 0.6 is 0 Å². The van der Waals surface area contributed by atoms with Crippen LogP contribution in [0.3, 0.4) is 0 Å². The van der Waals surface area contributed by atoms with Gasteiger partial charge in [0.15, 0.2) is 11.6 Å². The number of halogens is 2. The van der Waals surface area contributed by atoms with E-state index in [4.69, 9.17) is 5.41 Å². The van der Waals surface area contributed by atoms with Crippen molar-refractivity contribution in [3.63, 3.8) is 0 Å². The second-order valence-corrected chi connectivity index (χ2v) is 8.85. The number of carbonyl (C=O) groups excluding carboxylic acids is 2. The molecule has 1 aromatic carbocycles. The molecule has 0 bridgehead atoms. The number of carbonyl (C=O) groups is 2. The SMILES string of the molecule is CCc1cc(F)c(F)cc1CN(C=O)/C(=N\C(=O)N(C)C1=CNCC(C)=C1)NC1=C/C(=C/NC)C(=N)C=C1O. The fraction of sp³-hybridized carbons (Fsp3) is 0.259. The van der Waals surface area contributed by atoms with Gasteiger partial charge in [0.05, 0.1) is 23.7 Å². The first-order valence-corrected chi connectivity index (χ1v) is 12.1. The van der Waals surface area contributed by atoms with E-state index < -0.39 is 17.7 Å². The highest BCUT2D eigenvalue weighted by Crippen LogP contribution is 2.20. The fourth-order valence-corrected chi connectivity index (χ4v) is 3.85. The Hall–Kier alpha value is -4.74. The van der Waals surface area contributed by atoms with Crippen molar-refractivity contribution in [3.05, 3.63) is 93.8 Å². The number of benzene rings is 1. The molecule has 0 aromatic heterocycles. The van der Waals surface area contributed by atoms with Gasteiger partial charge in [0.25, 0.3) is 0 Å². The molecule has 1 aromatic rings. The van der Waals surface area contributed by atoms with Crippen molar-refractivity contribution in [2.24, 2.45) is 4.99 Å². The van der Waals surface area contributed by atoms with Crippen molar-refractivity contribution < 1.29 is 23.5 Å². The maximum absolute atomic E-state index is 14.1. The molecule has 0 saturated heterocycles. The van der Waals surface area contributed by atoms with E-state index in [9.17, 15) is 23.5 Å². The molecule has 0 atom stereocenters. The molecule has 12 heteroatoms. The minimum Gasteiger partial charge on any atom is -0.506 e. The van der Waals surface area contributed by atoms with Gasteiger partial charge in [-0.25, -0.2) is 13.6 Å². The van der Waals surface area contributed by atoms with Gasteiger partial charge in [0.1, 0.15) is 5.76 Å². The summed E-state index contributed by atoms with van der Waals surface area (Å²) in [5.41, 5.74) is 2.80. The third kappa shape index (κ3) is 6.98. The Morgan fingerprint density at radius 2 is 1.92 bits per heavy atom. The molecule has 1 aliphatic heterocycles. The first kappa shape index (κ1) is 28.8. The molecule has 1 heterocycles. The van der Waals surface area contributed by atoms with E-state index in [0.29, 0.717) is 41.8 Å². The zero-order valence-electron chi connectivity index (χ0n) is 22.1. The molecule has 0 unspecified atom stereocenters. The van der Waals surface area contributed by atoms with Gasteiger partial charge < -0.3 is 26.5 Å². The third-order valence-electron chi connectivity index (χ3n) is 5.98. The number of nitrogens with one attached hydrogen (secondary N) is 4. The molecule has 3 rings (SSSR count). The van der Waals surface area contributed by atoms with Crippen LogP contribution in [0.25, 0.3) is 0 Å². The number of rotatable bonds is 7. The van der Waals surface area contributed by atoms with Crippen molar-refractivity contribution in [1.82, 2.24) is 25.8 Å². The Morgan fingerprint density at radius 1 is 1.23 bits per heavy atom. The van der Waals surface area contributed by atoms with Gasteiger partial charge in [0, 0.05) is 44.7 Å². The van der Waals surface area contributed by atoms with Crippen LogP contribution in [0.1, 0.15) is 25.0 Å². The smallest absolute Gasteiger partial charge is 0.351 e. The molecule has 0 saturated carbocycles. The quantitative estimate of drug-likeness (QED) is 0.205. The summed E-state index contributed by atoms with van der Waals surface area (Å²) in [5, 5.41) is 27.2. The number of amides is 3. The molecule has 39 heavy (non-hydrogen) atoms. The minimum absolute atomic E-state index is 0.0298. The summed E-state index contributed by atoms with van der Waals surface area (Å²) in [6.07, 6.45) is 8.38. The van der Waals surface area contributed by atoms with Crippen LogP contribution in [0.5, 0.6) is 0 Å². The summed E-state index contributed by atoms with van der Waals surface area (Å²) >= 11 is 0. The molecule has 0 fully saturated rings. The largest absolute Gasteiger partial charge is 0.506 e. The topological polar surface area (TPSA) is 133 Å². The highest BCUT2D eigenvalue weighted by Gasteiger charge is 2.23. The Labute approximate surface area is 225 Å². The van der Waals surface area contributed by atoms with Crippen LogP contribution in [0, 0.1) is 17.0 Å². The second-order valence-electron chi connectivity index (χ2n) is 8.85. The van der Waals surface area contributed by atoms with Gasteiger partial charge in [-0.2, -0.15) is 4.99 Å². The molecular weight excluding hydrogens is 508 g/mol. The van der Waals surface area contributed by atoms with Crippen molar-refractivity contribution >= 4 is 24.1 Å². The van der Waals surface area contributed by atoms with E-state index in [1.54, 1.807) is 20.2 Å². The Bertz CT molecular complexity index is 1360. The van der Waals surface area contributed by atoms with Gasteiger partial charge >= 0.3 is 6.03 Å². The zero-order valence-corrected chi connectivity index (χ0v) is 22.1. The Kier molecular flexibility index (Phi) is 9.37. The molecule has 10 nitrogen and oxygen atoms in total. The van der Waals surface area contributed by atoms with Crippen LogP contribution in [-0.2, 0) is 17.8 Å². The van der Waals surface area contributed by atoms with Gasteiger partial charge in [0.2, 0.25) is 12.4 Å². The fourth-order valence-electron chi connectivity index (χ4n) is 3.85. The number of guanidine groups is 1. The molecule has 3 amide bonds. The highest BCUT2D eigenvalue weighted by molar-refractivity contribution is 6.10. The van der Waals surface area contributed by atoms with Crippen molar-refractivity contribution in [1.29, 1.82) is 5.41 Å². The lowest BCUT2D eigenvalue weighted by atomic mass is 10.0. The van der Waals surface area contributed by atoms with Crippen LogP contribution in [0.4, 0.5) is 13.6 Å². The molecule has 5 N–H and O–H groups in total. The van der Waals surface area contributed by atoms with Crippen molar-refractivity contribution in [3.8, 4) is 0 Å². The summed E-state index contributed by atoms with van der Waals surface area (Å²) < 4.78 is 27.9. The number of hydrogen-bond donors (Lipinski definition) is 5. The summed E-state index contributed by atoms with van der Waals surface area (Å²) in [6.45, 7) is 4.04. The summed E-state index contributed by atoms with van der Waals surface area (Å²) in [6, 6.07) is 1.31. The zero-order chi connectivity index (χ0) is 28.7. The number of likely N-dealkylation sites (N-methyl/N-ethyl adjacent to an activating group) is 1. The first-order valence-electron chi connectivity index (χ1n) is 12.1. The normalized spacial score (nSPS) is 16.4. The number of aliphatic hydroxyl groups is 1. The highest BCUT2D eigenvalue weighted by atomic mass is 19.2. The van der Waals surface area contributed by atoms with E-state index in [1.165, 1.54) is 30.3 Å². The molecule has 2 aliphatic rings. The van der Waals surface area contributed by atoms with E-state index in [0.717, 1.165) is 22.6 Å². The minimum atomic E-state index is -1.08. The number of hydrogen-bond acceptors (Lipinski definition) is 6. The molecule has 0 radical (unpaired) electrons. The lowest BCUT2D eigenvalue weighted by molar-refractivity contribution is -0.115. The number of aliphatic imine (C=N–C) groups is 1. The lowest BCUT2D eigenvalue weighted by Crippen LogP contribution is -2.42. The predicted octanol–water partition coefficient (Wildman–Crippen LogP) is 3.34. The summed E-state index contributed by atoms with van der Waals surface area (Å²) in [4.78, 5) is 31.9. The molecule has 0 spiro atoms. The molecule has 206 valence electrons. The van der Waals surface area contributed by atoms with Crippen LogP contribution < -0.4 is 16.0 Å². The van der Waals surface area contributed by atoms with Crippen LogP contribution in [0.15, 0.2) is 76.1 Å². The van der Waals surface area contributed by atoms with Gasteiger partial charge in [-0.3, -0.25) is 14.6 Å². The number of urea groups is 1. The van der Waals surface area contributed by atoms with Crippen LogP contribution in [0.2, 0.25) is 0 Å².